The number of ether oxygens (including phenoxy) is 2. The van der Waals surface area contributed by atoms with Crippen LogP contribution in [0.25, 0.3) is 0 Å². The molecule has 3 rings (SSSR count). The summed E-state index contributed by atoms with van der Waals surface area (Å²) in [6, 6.07) is 5.26. The highest BCUT2D eigenvalue weighted by atomic mass is 35.5. The minimum atomic E-state index is -0.299. The fourth-order valence-corrected chi connectivity index (χ4v) is 3.40. The van der Waals surface area contributed by atoms with Crippen LogP contribution >= 0.6 is 11.6 Å². The highest BCUT2D eigenvalue weighted by Crippen LogP contribution is 2.43. The van der Waals surface area contributed by atoms with Gasteiger partial charge in [-0.05, 0) is 24.8 Å². The summed E-state index contributed by atoms with van der Waals surface area (Å²) in [5.41, 5.74) is 0.466. The van der Waals surface area contributed by atoms with Crippen molar-refractivity contribution < 1.29 is 13.9 Å². The number of hydrogen-bond acceptors (Lipinski definition) is 3. The molecule has 22 heavy (non-hydrogen) atoms. The molecule has 1 N–H and O–H groups in total. The van der Waals surface area contributed by atoms with Crippen molar-refractivity contribution in [3.8, 4) is 0 Å². The van der Waals surface area contributed by atoms with E-state index in [4.69, 9.17) is 21.1 Å². The number of rotatable bonds is 6. The fourth-order valence-electron chi connectivity index (χ4n) is 3.21. The number of halogens is 2. The molecule has 1 aromatic carbocycles. The summed E-state index contributed by atoms with van der Waals surface area (Å²) in [6.07, 6.45) is 4.00. The normalized spacial score (nSPS) is 22.5. The van der Waals surface area contributed by atoms with Gasteiger partial charge in [0.15, 0.2) is 0 Å². The van der Waals surface area contributed by atoms with Gasteiger partial charge >= 0.3 is 0 Å². The maximum Gasteiger partial charge on any atom is 0.146 e. The van der Waals surface area contributed by atoms with Crippen LogP contribution < -0.4 is 5.32 Å². The summed E-state index contributed by atoms with van der Waals surface area (Å²) in [6.45, 7) is 2.14. The Kier molecular flexibility index (Phi) is 5.03. The van der Waals surface area contributed by atoms with Crippen LogP contribution in [0.2, 0.25) is 5.02 Å². The lowest BCUT2D eigenvalue weighted by molar-refractivity contribution is -0.0889. The molecule has 5 heteroatoms. The molecule has 0 unspecified atom stereocenters. The lowest BCUT2D eigenvalue weighted by Crippen LogP contribution is -2.47. The predicted octanol–water partition coefficient (Wildman–Crippen LogP) is 3.72. The van der Waals surface area contributed by atoms with Gasteiger partial charge in [-0.2, -0.15) is 0 Å². The first kappa shape index (κ1) is 16.2. The summed E-state index contributed by atoms with van der Waals surface area (Å²) in [4.78, 5) is 0. The topological polar surface area (TPSA) is 30.5 Å². The Labute approximate surface area is 136 Å². The van der Waals surface area contributed by atoms with Gasteiger partial charge in [-0.25, -0.2) is 4.39 Å². The molecule has 0 radical (unpaired) electrons. The largest absolute Gasteiger partial charge is 0.381 e. The summed E-state index contributed by atoms with van der Waals surface area (Å²) in [7, 11) is 1.75. The molecule has 1 aliphatic carbocycles. The van der Waals surface area contributed by atoms with Crippen molar-refractivity contribution in [2.24, 2.45) is 5.92 Å². The van der Waals surface area contributed by atoms with Crippen LogP contribution in [0.5, 0.6) is 0 Å². The molecule has 1 atom stereocenters. The lowest BCUT2D eigenvalue weighted by Gasteiger charge is -2.37. The molecule has 0 amide bonds. The van der Waals surface area contributed by atoms with Gasteiger partial charge in [-0.15, -0.1) is 0 Å². The highest BCUT2D eigenvalue weighted by Gasteiger charge is 2.38. The zero-order valence-corrected chi connectivity index (χ0v) is 13.7. The van der Waals surface area contributed by atoms with Gasteiger partial charge in [0.25, 0.3) is 0 Å². The number of hydrogen-bond donors (Lipinski definition) is 1. The molecule has 2 fully saturated rings. The van der Waals surface area contributed by atoms with Crippen molar-refractivity contribution in [3.05, 3.63) is 34.6 Å². The van der Waals surface area contributed by atoms with Gasteiger partial charge in [0.2, 0.25) is 0 Å². The average Bonchev–Trinajstić information content (AvgIpc) is 3.37. The van der Waals surface area contributed by atoms with E-state index in [9.17, 15) is 4.39 Å². The molecule has 122 valence electrons. The van der Waals surface area contributed by atoms with Crippen LogP contribution in [0.4, 0.5) is 4.39 Å². The molecule has 1 saturated heterocycles. The minimum absolute atomic E-state index is 0.00794. The molecule has 1 aromatic rings. The number of benzene rings is 1. The molecular formula is C17H23ClFNO2. The van der Waals surface area contributed by atoms with Crippen molar-refractivity contribution in [1.82, 2.24) is 5.32 Å². The van der Waals surface area contributed by atoms with Crippen molar-refractivity contribution in [1.29, 1.82) is 0 Å². The second-order valence-electron chi connectivity index (χ2n) is 6.34. The Hall–Kier alpha value is -0.680. The highest BCUT2D eigenvalue weighted by molar-refractivity contribution is 6.30. The Morgan fingerprint density at radius 1 is 1.41 bits per heavy atom. The van der Waals surface area contributed by atoms with E-state index in [1.807, 2.05) is 12.1 Å². The molecule has 2 aliphatic rings. The Bertz CT molecular complexity index is 515. The van der Waals surface area contributed by atoms with Crippen LogP contribution in [0.1, 0.15) is 37.3 Å². The lowest BCUT2D eigenvalue weighted by atomic mass is 9.92. The summed E-state index contributed by atoms with van der Waals surface area (Å²) in [5, 5.41) is 3.74. The van der Waals surface area contributed by atoms with E-state index < -0.39 is 0 Å². The average molecular weight is 328 g/mol. The standard InChI is InChI=1S/C17H23ClFNO2/c1-21-17(7-9-22-10-8-17)11-20-16(12-5-6-12)13-3-2-4-14(18)15(13)19/h2-4,12,16,20H,5-11H2,1H3/t16-/m1/s1. The van der Waals surface area contributed by atoms with Gasteiger partial charge in [0, 0.05) is 51.3 Å². The molecule has 0 spiro atoms. The maximum absolute atomic E-state index is 14.4. The third-order valence-electron chi connectivity index (χ3n) is 4.89. The molecule has 0 bridgehead atoms. The van der Waals surface area contributed by atoms with Crippen molar-refractivity contribution >= 4 is 11.6 Å². The quantitative estimate of drug-likeness (QED) is 0.864. The number of nitrogens with one attached hydrogen (secondary N) is 1. The van der Waals surface area contributed by atoms with Crippen molar-refractivity contribution in [2.75, 3.05) is 26.9 Å². The van der Waals surface area contributed by atoms with Crippen LogP contribution in [-0.2, 0) is 9.47 Å². The second-order valence-corrected chi connectivity index (χ2v) is 6.75. The maximum atomic E-state index is 14.4. The van der Waals surface area contributed by atoms with Crippen LogP contribution in [0, 0.1) is 11.7 Å². The van der Waals surface area contributed by atoms with E-state index in [0.29, 0.717) is 18.0 Å². The number of methoxy groups -OCH3 is 1. The van der Waals surface area contributed by atoms with Crippen molar-refractivity contribution in [2.45, 2.75) is 37.3 Å². The molecule has 1 saturated carbocycles. The van der Waals surface area contributed by atoms with Gasteiger partial charge in [0.05, 0.1) is 10.6 Å². The molecule has 3 nitrogen and oxygen atoms in total. The first-order chi connectivity index (χ1) is 10.7. The smallest absolute Gasteiger partial charge is 0.146 e. The van der Waals surface area contributed by atoms with Crippen LogP contribution in [0.3, 0.4) is 0 Å². The Morgan fingerprint density at radius 3 is 2.77 bits per heavy atom. The third kappa shape index (κ3) is 3.46. The fraction of sp³-hybridized carbons (Fsp3) is 0.647. The van der Waals surface area contributed by atoms with E-state index in [1.165, 1.54) is 0 Å². The molecule has 1 aliphatic heterocycles. The van der Waals surface area contributed by atoms with Crippen LogP contribution in [0.15, 0.2) is 18.2 Å². The SMILES string of the molecule is COC1(CN[C@@H](c2cccc(Cl)c2F)C2CC2)CCOCC1. The van der Waals surface area contributed by atoms with Crippen molar-refractivity contribution in [3.63, 3.8) is 0 Å². The van der Waals surface area contributed by atoms with E-state index in [0.717, 1.165) is 38.9 Å². The van der Waals surface area contributed by atoms with E-state index >= 15 is 0 Å². The monoisotopic (exact) mass is 327 g/mol. The van der Waals surface area contributed by atoms with Gasteiger partial charge in [0.1, 0.15) is 5.82 Å². The van der Waals surface area contributed by atoms with Crippen LogP contribution in [-0.4, -0.2) is 32.5 Å². The summed E-state index contributed by atoms with van der Waals surface area (Å²) >= 11 is 5.94. The van der Waals surface area contributed by atoms with E-state index in [2.05, 4.69) is 5.32 Å². The third-order valence-corrected chi connectivity index (χ3v) is 5.18. The van der Waals surface area contributed by atoms with Gasteiger partial charge in [-0.1, -0.05) is 23.7 Å². The van der Waals surface area contributed by atoms with E-state index in [-0.39, 0.29) is 22.5 Å². The zero-order chi connectivity index (χ0) is 15.6. The minimum Gasteiger partial charge on any atom is -0.381 e. The predicted molar refractivity (Wildman–Crippen MR) is 84.7 cm³/mol. The summed E-state index contributed by atoms with van der Waals surface area (Å²) < 4.78 is 25.5. The Balaban J connectivity index is 1.73. The Morgan fingerprint density at radius 2 is 2.14 bits per heavy atom. The van der Waals surface area contributed by atoms with Gasteiger partial charge in [-0.3, -0.25) is 0 Å². The zero-order valence-electron chi connectivity index (χ0n) is 12.9. The summed E-state index contributed by atoms with van der Waals surface area (Å²) in [5.74, 6) is 0.189. The molecule has 0 aromatic heterocycles. The first-order valence-corrected chi connectivity index (χ1v) is 8.33. The van der Waals surface area contributed by atoms with Gasteiger partial charge < -0.3 is 14.8 Å². The molecular weight excluding hydrogens is 305 g/mol. The first-order valence-electron chi connectivity index (χ1n) is 7.95. The second kappa shape index (κ2) is 6.83. The van der Waals surface area contributed by atoms with E-state index in [1.54, 1.807) is 13.2 Å². The molecule has 1 heterocycles.